The Balaban J connectivity index is 0.00000225. The second kappa shape index (κ2) is 9.22. The smallest absolute Gasteiger partial charge is 0.252 e. The van der Waals surface area contributed by atoms with Gasteiger partial charge >= 0.3 is 0 Å². The summed E-state index contributed by atoms with van der Waals surface area (Å²) in [5, 5.41) is 6.41. The first-order chi connectivity index (χ1) is 13.2. The fourth-order valence-electron chi connectivity index (χ4n) is 4.23. The number of nitrogens with zero attached hydrogens (tertiary/aromatic N) is 1. The minimum atomic E-state index is -0.667. The summed E-state index contributed by atoms with van der Waals surface area (Å²) in [5.74, 6) is -0.222. The number of fused-ring (bicyclic) bond motifs is 2. The number of carbonyl (C=O) groups is 2. The molecule has 0 radical (unpaired) electrons. The lowest BCUT2D eigenvalue weighted by Gasteiger charge is -2.32. The summed E-state index contributed by atoms with van der Waals surface area (Å²) in [6.07, 6.45) is 3.04. The van der Waals surface area contributed by atoms with E-state index in [4.69, 9.17) is 0 Å². The lowest BCUT2D eigenvalue weighted by molar-refractivity contribution is -0.136. The predicted octanol–water partition coefficient (Wildman–Crippen LogP) is 2.93. The molecule has 148 valence electrons. The summed E-state index contributed by atoms with van der Waals surface area (Å²) in [5.41, 5.74) is 1.38. The molecular formula is C22H26ClN3O2. The number of benzene rings is 2. The van der Waals surface area contributed by atoms with Gasteiger partial charge in [0.25, 0.3) is 5.91 Å². The number of hydrogen-bond donors (Lipinski definition) is 2. The van der Waals surface area contributed by atoms with Crippen molar-refractivity contribution in [3.05, 3.63) is 71.8 Å². The van der Waals surface area contributed by atoms with E-state index >= 15 is 0 Å². The van der Waals surface area contributed by atoms with Crippen molar-refractivity contribution in [3.63, 3.8) is 0 Å². The largest absolute Gasteiger partial charge is 0.336 e. The molecule has 3 atom stereocenters. The minimum absolute atomic E-state index is 0. The van der Waals surface area contributed by atoms with Crippen molar-refractivity contribution in [2.75, 3.05) is 13.1 Å². The van der Waals surface area contributed by atoms with E-state index < -0.39 is 6.04 Å². The minimum Gasteiger partial charge on any atom is -0.336 e. The molecule has 0 saturated carbocycles. The zero-order valence-electron chi connectivity index (χ0n) is 15.7. The molecule has 0 aromatic heterocycles. The van der Waals surface area contributed by atoms with Gasteiger partial charge < -0.3 is 15.5 Å². The molecule has 0 aliphatic carbocycles. The summed E-state index contributed by atoms with van der Waals surface area (Å²) in [6, 6.07) is 18.4. The summed E-state index contributed by atoms with van der Waals surface area (Å²) >= 11 is 0. The fourth-order valence-corrected chi connectivity index (χ4v) is 4.23. The molecule has 2 aromatic rings. The van der Waals surface area contributed by atoms with Crippen molar-refractivity contribution < 1.29 is 9.59 Å². The Morgan fingerprint density at radius 1 is 0.929 bits per heavy atom. The molecule has 2 N–H and O–H groups in total. The number of hydrogen-bond acceptors (Lipinski definition) is 3. The van der Waals surface area contributed by atoms with Gasteiger partial charge in [-0.1, -0.05) is 48.5 Å². The number of carbonyl (C=O) groups excluding carboxylic acids is 2. The molecule has 2 saturated heterocycles. The molecule has 2 amide bonds. The Morgan fingerprint density at radius 2 is 1.57 bits per heavy atom. The average molecular weight is 400 g/mol. The van der Waals surface area contributed by atoms with E-state index in [1.165, 1.54) is 0 Å². The van der Waals surface area contributed by atoms with E-state index in [1.54, 1.807) is 12.1 Å². The third-order valence-electron chi connectivity index (χ3n) is 5.60. The molecule has 3 unspecified atom stereocenters. The van der Waals surface area contributed by atoms with Gasteiger partial charge in [-0.15, -0.1) is 12.4 Å². The maximum absolute atomic E-state index is 13.6. The monoisotopic (exact) mass is 399 g/mol. The standard InChI is InChI=1S/C22H25N3O2.ClH/c26-21(17-9-5-2-6-10-17)24-20(16-7-3-1-4-8-16)22(27)25-18-11-12-19(25)15-23-14-13-18;/h1-10,18-20,23H,11-15H2,(H,24,26);1H. The van der Waals surface area contributed by atoms with Gasteiger partial charge in [0.2, 0.25) is 5.91 Å². The van der Waals surface area contributed by atoms with Crippen molar-refractivity contribution >= 4 is 24.2 Å². The van der Waals surface area contributed by atoms with Gasteiger partial charge in [0.05, 0.1) is 0 Å². The van der Waals surface area contributed by atoms with Crippen LogP contribution in [0.4, 0.5) is 0 Å². The van der Waals surface area contributed by atoms with Crippen LogP contribution in [0, 0.1) is 0 Å². The van der Waals surface area contributed by atoms with Crippen molar-refractivity contribution in [3.8, 4) is 0 Å². The molecular weight excluding hydrogens is 374 g/mol. The maximum Gasteiger partial charge on any atom is 0.252 e. The van der Waals surface area contributed by atoms with Crippen molar-refractivity contribution in [1.82, 2.24) is 15.5 Å². The molecule has 2 bridgehead atoms. The van der Waals surface area contributed by atoms with E-state index in [1.807, 2.05) is 53.4 Å². The molecule has 2 heterocycles. The SMILES string of the molecule is Cl.O=C(NC(C(=O)N1C2CCNCC1CC2)c1ccccc1)c1ccccc1. The van der Waals surface area contributed by atoms with E-state index in [9.17, 15) is 9.59 Å². The Morgan fingerprint density at radius 3 is 2.29 bits per heavy atom. The molecule has 6 heteroatoms. The van der Waals surface area contributed by atoms with Gasteiger partial charge in [-0.3, -0.25) is 9.59 Å². The van der Waals surface area contributed by atoms with Crippen LogP contribution in [0.1, 0.15) is 41.2 Å². The van der Waals surface area contributed by atoms with Crippen LogP contribution < -0.4 is 10.6 Å². The lowest BCUT2D eigenvalue weighted by Crippen LogP contribution is -2.48. The van der Waals surface area contributed by atoms with Gasteiger partial charge in [0.15, 0.2) is 0 Å². The molecule has 2 aromatic carbocycles. The maximum atomic E-state index is 13.6. The Kier molecular flexibility index (Phi) is 6.70. The van der Waals surface area contributed by atoms with Crippen molar-refractivity contribution in [2.45, 2.75) is 37.4 Å². The van der Waals surface area contributed by atoms with Crippen molar-refractivity contribution in [2.24, 2.45) is 0 Å². The van der Waals surface area contributed by atoms with Crippen LogP contribution in [-0.2, 0) is 4.79 Å². The normalized spacial score (nSPS) is 21.9. The van der Waals surface area contributed by atoms with Gasteiger partial charge in [-0.2, -0.15) is 0 Å². The van der Waals surface area contributed by atoms with Crippen LogP contribution in [-0.4, -0.2) is 41.9 Å². The molecule has 5 nitrogen and oxygen atoms in total. The van der Waals surface area contributed by atoms with Crippen molar-refractivity contribution in [1.29, 1.82) is 0 Å². The highest BCUT2D eigenvalue weighted by Crippen LogP contribution is 2.31. The van der Waals surface area contributed by atoms with Gasteiger partial charge in [-0.25, -0.2) is 0 Å². The highest BCUT2D eigenvalue weighted by Gasteiger charge is 2.41. The first-order valence-corrected chi connectivity index (χ1v) is 9.68. The van der Waals surface area contributed by atoms with Crippen LogP contribution >= 0.6 is 12.4 Å². The van der Waals surface area contributed by atoms with Crippen LogP contribution in [0.3, 0.4) is 0 Å². The van der Waals surface area contributed by atoms with E-state index in [0.29, 0.717) is 5.56 Å². The summed E-state index contributed by atoms with van der Waals surface area (Å²) < 4.78 is 0. The van der Waals surface area contributed by atoms with E-state index in [-0.39, 0.29) is 36.3 Å². The Bertz CT molecular complexity index is 786. The molecule has 2 aliphatic rings. The average Bonchev–Trinajstić information content (AvgIpc) is 2.99. The second-order valence-electron chi connectivity index (χ2n) is 7.31. The third kappa shape index (κ3) is 4.21. The van der Waals surface area contributed by atoms with Crippen LogP contribution in [0.25, 0.3) is 0 Å². The van der Waals surface area contributed by atoms with Gasteiger partial charge in [0.1, 0.15) is 6.04 Å². The summed E-state index contributed by atoms with van der Waals surface area (Å²) in [6.45, 7) is 1.77. The highest BCUT2D eigenvalue weighted by molar-refractivity contribution is 5.98. The third-order valence-corrected chi connectivity index (χ3v) is 5.60. The first-order valence-electron chi connectivity index (χ1n) is 9.68. The second-order valence-corrected chi connectivity index (χ2v) is 7.31. The number of amides is 2. The number of nitrogens with one attached hydrogen (secondary N) is 2. The molecule has 4 rings (SSSR count). The fraction of sp³-hybridized carbons (Fsp3) is 0.364. The van der Waals surface area contributed by atoms with E-state index in [2.05, 4.69) is 10.6 Å². The van der Waals surface area contributed by atoms with Crippen LogP contribution in [0.5, 0.6) is 0 Å². The summed E-state index contributed by atoms with van der Waals surface area (Å²) in [4.78, 5) is 28.4. The number of halogens is 1. The highest BCUT2D eigenvalue weighted by atomic mass is 35.5. The molecule has 2 fully saturated rings. The van der Waals surface area contributed by atoms with Crippen LogP contribution in [0.2, 0.25) is 0 Å². The zero-order chi connectivity index (χ0) is 18.6. The van der Waals surface area contributed by atoms with Gasteiger partial charge in [-0.05, 0) is 43.5 Å². The molecule has 2 aliphatic heterocycles. The van der Waals surface area contributed by atoms with Gasteiger partial charge in [0, 0.05) is 24.2 Å². The summed E-state index contributed by atoms with van der Waals surface area (Å²) in [7, 11) is 0. The Hall–Kier alpha value is -2.37. The first kappa shape index (κ1) is 20.4. The molecule has 28 heavy (non-hydrogen) atoms. The predicted molar refractivity (Wildman–Crippen MR) is 111 cm³/mol. The zero-order valence-corrected chi connectivity index (χ0v) is 16.5. The topological polar surface area (TPSA) is 61.4 Å². The Labute approximate surface area is 171 Å². The lowest BCUT2D eigenvalue weighted by atomic mass is 10.0. The molecule has 0 spiro atoms. The van der Waals surface area contributed by atoms with Crippen LogP contribution in [0.15, 0.2) is 60.7 Å². The van der Waals surface area contributed by atoms with E-state index in [0.717, 1.165) is 37.9 Å². The quantitative estimate of drug-likeness (QED) is 0.830. The number of rotatable bonds is 4.